The molecule has 0 bridgehead atoms. The standard InChI is InChI=1S/C18H22ClNO7/c1-25-12-6-4-11(5-7-12)10-20-15(22)13(8-9-19)14(21)18(20,16(23)26-2)17(24)27-3/h4-7,13-14,21H,8-10H2,1-3H3. The lowest BCUT2D eigenvalue weighted by atomic mass is 9.87. The number of esters is 2. The van der Waals surface area contributed by atoms with Gasteiger partial charge in [-0.05, 0) is 24.1 Å². The molecule has 2 atom stereocenters. The van der Waals surface area contributed by atoms with Gasteiger partial charge in [-0.3, -0.25) is 4.79 Å². The van der Waals surface area contributed by atoms with E-state index in [9.17, 15) is 19.5 Å². The first-order valence-corrected chi connectivity index (χ1v) is 8.77. The number of ether oxygens (including phenoxy) is 3. The Morgan fingerprint density at radius 2 is 1.70 bits per heavy atom. The van der Waals surface area contributed by atoms with E-state index >= 15 is 0 Å². The number of amides is 1. The highest BCUT2D eigenvalue weighted by Crippen LogP contribution is 2.40. The number of rotatable bonds is 7. The van der Waals surface area contributed by atoms with E-state index in [2.05, 4.69) is 0 Å². The van der Waals surface area contributed by atoms with E-state index in [1.54, 1.807) is 24.3 Å². The van der Waals surface area contributed by atoms with Crippen LogP contribution in [0.2, 0.25) is 0 Å². The molecule has 0 saturated carbocycles. The van der Waals surface area contributed by atoms with Crippen LogP contribution in [0.3, 0.4) is 0 Å². The van der Waals surface area contributed by atoms with Gasteiger partial charge < -0.3 is 24.2 Å². The molecule has 2 rings (SSSR count). The van der Waals surface area contributed by atoms with Crippen LogP contribution in [0.15, 0.2) is 24.3 Å². The Hall–Kier alpha value is -2.32. The van der Waals surface area contributed by atoms with E-state index in [1.807, 2.05) is 0 Å². The van der Waals surface area contributed by atoms with Gasteiger partial charge in [0.05, 0.1) is 27.2 Å². The minimum atomic E-state index is -2.29. The van der Waals surface area contributed by atoms with Crippen molar-refractivity contribution in [2.45, 2.75) is 24.6 Å². The number of aliphatic hydroxyl groups excluding tert-OH is 1. The summed E-state index contributed by atoms with van der Waals surface area (Å²) in [6.07, 6.45) is -1.56. The largest absolute Gasteiger partial charge is 0.497 e. The van der Waals surface area contributed by atoms with Crippen molar-refractivity contribution in [2.24, 2.45) is 5.92 Å². The number of likely N-dealkylation sites (tertiary alicyclic amines) is 1. The van der Waals surface area contributed by atoms with Crippen LogP contribution in [0.5, 0.6) is 5.75 Å². The van der Waals surface area contributed by atoms with E-state index < -0.39 is 35.4 Å². The Morgan fingerprint density at radius 3 is 2.15 bits per heavy atom. The third-order valence-electron chi connectivity index (χ3n) is 4.73. The van der Waals surface area contributed by atoms with Gasteiger partial charge in [0.1, 0.15) is 11.9 Å². The van der Waals surface area contributed by atoms with Crippen LogP contribution < -0.4 is 4.74 Å². The average molecular weight is 400 g/mol. The summed E-state index contributed by atoms with van der Waals surface area (Å²) in [6, 6.07) is 6.74. The number of alkyl halides is 1. The Balaban J connectivity index is 2.54. The molecule has 0 aliphatic carbocycles. The Bertz CT molecular complexity index is 690. The van der Waals surface area contributed by atoms with Crippen molar-refractivity contribution in [3.8, 4) is 5.75 Å². The maximum absolute atomic E-state index is 13.0. The van der Waals surface area contributed by atoms with Gasteiger partial charge in [0.2, 0.25) is 5.91 Å². The number of benzene rings is 1. The Kier molecular flexibility index (Phi) is 6.67. The van der Waals surface area contributed by atoms with Crippen molar-refractivity contribution in [2.75, 3.05) is 27.2 Å². The number of methoxy groups -OCH3 is 3. The molecule has 2 unspecified atom stereocenters. The number of carbonyl (C=O) groups is 3. The van der Waals surface area contributed by atoms with Gasteiger partial charge >= 0.3 is 11.9 Å². The molecule has 1 aromatic carbocycles. The van der Waals surface area contributed by atoms with Crippen LogP contribution >= 0.6 is 11.6 Å². The highest BCUT2D eigenvalue weighted by atomic mass is 35.5. The van der Waals surface area contributed by atoms with Crippen molar-refractivity contribution in [1.29, 1.82) is 0 Å². The van der Waals surface area contributed by atoms with E-state index in [0.717, 1.165) is 19.1 Å². The molecular formula is C18H22ClNO7. The van der Waals surface area contributed by atoms with E-state index in [1.165, 1.54) is 7.11 Å². The first-order valence-electron chi connectivity index (χ1n) is 8.23. The summed E-state index contributed by atoms with van der Waals surface area (Å²) >= 11 is 5.75. The first-order chi connectivity index (χ1) is 12.9. The molecule has 1 amide bonds. The fourth-order valence-corrected chi connectivity index (χ4v) is 3.57. The topological polar surface area (TPSA) is 102 Å². The summed E-state index contributed by atoms with van der Waals surface area (Å²) in [5, 5.41) is 10.8. The summed E-state index contributed by atoms with van der Waals surface area (Å²) in [7, 11) is 3.67. The van der Waals surface area contributed by atoms with Gasteiger partial charge in [0.15, 0.2) is 0 Å². The second-order valence-electron chi connectivity index (χ2n) is 6.05. The smallest absolute Gasteiger partial charge is 0.346 e. The van der Waals surface area contributed by atoms with Gasteiger partial charge in [-0.2, -0.15) is 0 Å². The van der Waals surface area contributed by atoms with Gasteiger partial charge in [-0.1, -0.05) is 12.1 Å². The van der Waals surface area contributed by atoms with Crippen LogP contribution in [-0.4, -0.2) is 66.7 Å². The number of hydrogen-bond acceptors (Lipinski definition) is 7. The summed E-state index contributed by atoms with van der Waals surface area (Å²) < 4.78 is 14.6. The molecule has 1 heterocycles. The van der Waals surface area contributed by atoms with E-state index in [4.69, 9.17) is 25.8 Å². The molecule has 0 aromatic heterocycles. The maximum atomic E-state index is 13.0. The third-order valence-corrected chi connectivity index (χ3v) is 4.95. The van der Waals surface area contributed by atoms with E-state index in [0.29, 0.717) is 11.3 Å². The molecule has 27 heavy (non-hydrogen) atoms. The zero-order valence-electron chi connectivity index (χ0n) is 15.3. The normalized spacial score (nSPS) is 21.1. The monoisotopic (exact) mass is 399 g/mol. The second kappa shape index (κ2) is 8.58. The molecule has 1 aliphatic rings. The quantitative estimate of drug-likeness (QED) is 0.409. The van der Waals surface area contributed by atoms with Crippen LogP contribution in [0.25, 0.3) is 0 Å². The van der Waals surface area contributed by atoms with Crippen LogP contribution in [0, 0.1) is 5.92 Å². The van der Waals surface area contributed by atoms with E-state index in [-0.39, 0.29) is 18.8 Å². The van der Waals surface area contributed by atoms with Crippen LogP contribution in [0.1, 0.15) is 12.0 Å². The summed E-state index contributed by atoms with van der Waals surface area (Å²) in [6.45, 7) is -0.108. The molecule has 148 valence electrons. The lowest BCUT2D eigenvalue weighted by Crippen LogP contribution is -2.63. The SMILES string of the molecule is COC(=O)C1(C(=O)OC)C(O)C(CCCl)C(=O)N1Cc1ccc(OC)cc1. The molecule has 1 fully saturated rings. The van der Waals surface area contributed by atoms with Gasteiger partial charge in [0, 0.05) is 12.4 Å². The number of hydrogen-bond donors (Lipinski definition) is 1. The van der Waals surface area contributed by atoms with Crippen molar-refractivity contribution in [3.05, 3.63) is 29.8 Å². The highest BCUT2D eigenvalue weighted by Gasteiger charge is 2.68. The van der Waals surface area contributed by atoms with Crippen molar-refractivity contribution in [1.82, 2.24) is 4.90 Å². The maximum Gasteiger partial charge on any atom is 0.346 e. The summed E-state index contributed by atoms with van der Waals surface area (Å²) in [4.78, 5) is 39.2. The lowest BCUT2D eigenvalue weighted by molar-refractivity contribution is -0.179. The molecular weight excluding hydrogens is 378 g/mol. The van der Waals surface area contributed by atoms with Crippen LogP contribution in [-0.2, 0) is 30.4 Å². The fourth-order valence-electron chi connectivity index (χ4n) is 3.33. The second-order valence-corrected chi connectivity index (χ2v) is 6.43. The molecule has 1 saturated heterocycles. The number of aliphatic hydroxyl groups is 1. The lowest BCUT2D eigenvalue weighted by Gasteiger charge is -2.35. The molecule has 0 spiro atoms. The molecule has 8 nitrogen and oxygen atoms in total. The summed E-state index contributed by atoms with van der Waals surface area (Å²) in [5.41, 5.74) is -1.67. The first kappa shape index (κ1) is 21.0. The van der Waals surface area contributed by atoms with Crippen molar-refractivity contribution in [3.63, 3.8) is 0 Å². The zero-order chi connectivity index (χ0) is 20.2. The average Bonchev–Trinajstić information content (AvgIpc) is 2.90. The molecule has 9 heteroatoms. The zero-order valence-corrected chi connectivity index (χ0v) is 16.1. The summed E-state index contributed by atoms with van der Waals surface area (Å²) in [5.74, 6) is -3.06. The molecule has 1 aliphatic heterocycles. The minimum absolute atomic E-state index is 0.0717. The van der Waals surface area contributed by atoms with Crippen LogP contribution in [0.4, 0.5) is 0 Å². The van der Waals surface area contributed by atoms with Gasteiger partial charge in [-0.15, -0.1) is 11.6 Å². The van der Waals surface area contributed by atoms with Gasteiger partial charge in [-0.25, -0.2) is 9.59 Å². The third kappa shape index (κ3) is 3.46. The van der Waals surface area contributed by atoms with Crippen molar-refractivity contribution >= 4 is 29.4 Å². The molecule has 1 N–H and O–H groups in total. The number of halogens is 1. The number of nitrogens with zero attached hydrogens (tertiary/aromatic N) is 1. The predicted molar refractivity (Wildman–Crippen MR) is 95.1 cm³/mol. The number of carbonyl (C=O) groups excluding carboxylic acids is 3. The molecule has 1 aromatic rings. The minimum Gasteiger partial charge on any atom is -0.497 e. The Morgan fingerprint density at radius 1 is 1.15 bits per heavy atom. The predicted octanol–water partition coefficient (Wildman–Crippen LogP) is 0.728. The molecule has 0 radical (unpaired) electrons. The van der Waals surface area contributed by atoms with Gasteiger partial charge in [0.25, 0.3) is 5.54 Å². The Labute approximate surface area is 161 Å². The van der Waals surface area contributed by atoms with Crippen molar-refractivity contribution < 1.29 is 33.7 Å². The highest BCUT2D eigenvalue weighted by molar-refractivity contribution is 6.18. The fraction of sp³-hybridized carbons (Fsp3) is 0.500.